The van der Waals surface area contributed by atoms with Crippen LogP contribution >= 0.6 is 11.3 Å². The van der Waals surface area contributed by atoms with Crippen LogP contribution in [-0.2, 0) is 11.2 Å². The fourth-order valence-electron chi connectivity index (χ4n) is 2.80. The molecular weight excluding hydrogens is 328 g/mol. The smallest absolute Gasteiger partial charge is 0.263 e. The van der Waals surface area contributed by atoms with Crippen LogP contribution in [0.2, 0.25) is 0 Å². The van der Waals surface area contributed by atoms with Crippen LogP contribution in [-0.4, -0.2) is 41.8 Å². The summed E-state index contributed by atoms with van der Waals surface area (Å²) < 4.78 is 10.8. The highest BCUT2D eigenvalue weighted by molar-refractivity contribution is 7.17. The van der Waals surface area contributed by atoms with Crippen molar-refractivity contribution >= 4 is 22.4 Å². The Kier molecular flexibility index (Phi) is 5.15. The molecule has 2 aromatic rings. The van der Waals surface area contributed by atoms with Crippen LogP contribution in [0.1, 0.15) is 33.7 Å². The molecule has 1 amide bonds. The van der Waals surface area contributed by atoms with E-state index >= 15 is 0 Å². The third-order valence-corrected chi connectivity index (χ3v) is 5.10. The lowest BCUT2D eigenvalue weighted by molar-refractivity contribution is 0.0928. The molecule has 0 aromatic carbocycles. The first kappa shape index (κ1) is 16.9. The van der Waals surface area contributed by atoms with Gasteiger partial charge in [-0.25, -0.2) is 4.98 Å². The summed E-state index contributed by atoms with van der Waals surface area (Å²) in [6.45, 7) is 7.65. The SMILES string of the molecule is CCNc1nc(C)c(C(=O)N[C@@H]2COC[C@@H]2Cc2cc(C)no2)s1. The summed E-state index contributed by atoms with van der Waals surface area (Å²) in [7, 11) is 0. The predicted octanol–water partition coefficient (Wildman–Crippen LogP) is 2.17. The number of rotatable bonds is 6. The highest BCUT2D eigenvalue weighted by Gasteiger charge is 2.31. The van der Waals surface area contributed by atoms with Crippen LogP contribution < -0.4 is 10.6 Å². The average Bonchev–Trinajstić information content (AvgIpc) is 3.22. The number of hydrogen-bond acceptors (Lipinski definition) is 7. The number of carbonyl (C=O) groups excluding carboxylic acids is 1. The van der Waals surface area contributed by atoms with Crippen LogP contribution in [0.3, 0.4) is 0 Å². The Morgan fingerprint density at radius 3 is 2.96 bits per heavy atom. The summed E-state index contributed by atoms with van der Waals surface area (Å²) in [5.41, 5.74) is 1.61. The molecule has 3 rings (SSSR count). The van der Waals surface area contributed by atoms with Crippen molar-refractivity contribution in [1.82, 2.24) is 15.5 Å². The second kappa shape index (κ2) is 7.31. The Balaban J connectivity index is 1.64. The predicted molar refractivity (Wildman–Crippen MR) is 91.5 cm³/mol. The van der Waals surface area contributed by atoms with E-state index in [1.165, 1.54) is 11.3 Å². The molecule has 8 heteroatoms. The minimum atomic E-state index is -0.0941. The molecule has 130 valence electrons. The number of nitrogens with one attached hydrogen (secondary N) is 2. The zero-order valence-electron chi connectivity index (χ0n) is 14.1. The first-order valence-corrected chi connectivity index (χ1v) is 8.90. The van der Waals surface area contributed by atoms with Crippen molar-refractivity contribution in [2.75, 3.05) is 25.1 Å². The Morgan fingerprint density at radius 2 is 2.25 bits per heavy atom. The number of ether oxygens (including phenoxy) is 1. The number of thiazole rings is 1. The van der Waals surface area contributed by atoms with Gasteiger partial charge in [0.2, 0.25) is 0 Å². The summed E-state index contributed by atoms with van der Waals surface area (Å²) in [5, 5.41) is 10.9. The molecule has 0 radical (unpaired) electrons. The van der Waals surface area contributed by atoms with Crippen molar-refractivity contribution in [1.29, 1.82) is 0 Å². The Morgan fingerprint density at radius 1 is 1.42 bits per heavy atom. The number of aromatic nitrogens is 2. The van der Waals surface area contributed by atoms with Crippen LogP contribution in [0.15, 0.2) is 10.6 Å². The van der Waals surface area contributed by atoms with E-state index in [0.717, 1.165) is 28.8 Å². The molecule has 0 unspecified atom stereocenters. The van der Waals surface area contributed by atoms with Gasteiger partial charge in [-0.1, -0.05) is 16.5 Å². The Bertz CT molecular complexity index is 712. The minimum Gasteiger partial charge on any atom is -0.379 e. The number of amides is 1. The Hall–Kier alpha value is -1.93. The summed E-state index contributed by atoms with van der Waals surface area (Å²) in [6, 6.07) is 1.89. The minimum absolute atomic E-state index is 0.0352. The van der Waals surface area contributed by atoms with Gasteiger partial charge in [0.1, 0.15) is 10.6 Å². The molecule has 3 heterocycles. The van der Waals surface area contributed by atoms with E-state index in [0.29, 0.717) is 24.5 Å². The maximum Gasteiger partial charge on any atom is 0.263 e. The maximum absolute atomic E-state index is 12.6. The van der Waals surface area contributed by atoms with Gasteiger partial charge in [-0.2, -0.15) is 0 Å². The van der Waals surface area contributed by atoms with Gasteiger partial charge in [0.05, 0.1) is 30.6 Å². The van der Waals surface area contributed by atoms with Crippen LogP contribution in [0, 0.1) is 19.8 Å². The van der Waals surface area contributed by atoms with Crippen molar-refractivity contribution in [3.05, 3.63) is 28.1 Å². The van der Waals surface area contributed by atoms with Gasteiger partial charge in [-0.15, -0.1) is 0 Å². The molecule has 0 aliphatic carbocycles. The standard InChI is InChI=1S/C16H22N4O3S/c1-4-17-16-18-10(3)14(24-16)15(21)19-13-8-22-7-11(13)6-12-5-9(2)20-23-12/h5,11,13H,4,6-8H2,1-3H3,(H,17,18)(H,19,21)/t11-,13+/m0/s1. The van der Waals surface area contributed by atoms with E-state index in [4.69, 9.17) is 9.26 Å². The van der Waals surface area contributed by atoms with E-state index in [-0.39, 0.29) is 17.9 Å². The highest BCUT2D eigenvalue weighted by atomic mass is 32.1. The Labute approximate surface area is 144 Å². The van der Waals surface area contributed by atoms with Crippen molar-refractivity contribution < 1.29 is 14.1 Å². The summed E-state index contributed by atoms with van der Waals surface area (Å²) in [4.78, 5) is 17.6. The van der Waals surface area contributed by atoms with Gasteiger partial charge >= 0.3 is 0 Å². The van der Waals surface area contributed by atoms with Gasteiger partial charge in [-0.05, 0) is 20.8 Å². The van der Waals surface area contributed by atoms with Gasteiger partial charge < -0.3 is 19.9 Å². The second-order valence-corrected chi connectivity index (χ2v) is 6.98. The van der Waals surface area contributed by atoms with Gasteiger partial charge in [-0.3, -0.25) is 4.79 Å². The van der Waals surface area contributed by atoms with E-state index in [9.17, 15) is 4.79 Å². The first-order chi connectivity index (χ1) is 11.6. The molecule has 0 bridgehead atoms. The summed E-state index contributed by atoms with van der Waals surface area (Å²) in [5.74, 6) is 0.914. The molecule has 0 spiro atoms. The van der Waals surface area contributed by atoms with Gasteiger partial charge in [0, 0.05) is 24.9 Å². The highest BCUT2D eigenvalue weighted by Crippen LogP contribution is 2.24. The molecule has 2 atom stereocenters. The van der Waals surface area contributed by atoms with Gasteiger partial charge in [0.25, 0.3) is 5.91 Å². The monoisotopic (exact) mass is 350 g/mol. The van der Waals surface area contributed by atoms with E-state index in [1.54, 1.807) is 0 Å². The van der Waals surface area contributed by atoms with E-state index < -0.39 is 0 Å². The molecule has 1 aliphatic heterocycles. The van der Waals surface area contributed by atoms with Crippen molar-refractivity contribution in [2.24, 2.45) is 5.92 Å². The molecule has 1 fully saturated rings. The molecule has 1 aliphatic rings. The molecule has 0 saturated carbocycles. The number of nitrogens with zero attached hydrogens (tertiary/aromatic N) is 2. The molecular formula is C16H22N4O3S. The number of carbonyl (C=O) groups is 1. The van der Waals surface area contributed by atoms with E-state index in [2.05, 4.69) is 20.8 Å². The normalized spacial score (nSPS) is 20.3. The van der Waals surface area contributed by atoms with Crippen molar-refractivity contribution in [3.63, 3.8) is 0 Å². The number of hydrogen-bond donors (Lipinski definition) is 2. The molecule has 2 N–H and O–H groups in total. The number of anilines is 1. The van der Waals surface area contributed by atoms with Crippen molar-refractivity contribution in [2.45, 2.75) is 33.2 Å². The maximum atomic E-state index is 12.6. The topological polar surface area (TPSA) is 89.3 Å². The lowest BCUT2D eigenvalue weighted by Gasteiger charge is -2.17. The van der Waals surface area contributed by atoms with Crippen LogP contribution in [0.5, 0.6) is 0 Å². The van der Waals surface area contributed by atoms with Crippen LogP contribution in [0.4, 0.5) is 5.13 Å². The quantitative estimate of drug-likeness (QED) is 0.830. The number of aryl methyl sites for hydroxylation is 2. The average molecular weight is 350 g/mol. The third-order valence-electron chi connectivity index (χ3n) is 3.99. The first-order valence-electron chi connectivity index (χ1n) is 8.09. The lowest BCUT2D eigenvalue weighted by Crippen LogP contribution is -2.40. The summed E-state index contributed by atoms with van der Waals surface area (Å²) >= 11 is 1.38. The zero-order chi connectivity index (χ0) is 17.1. The van der Waals surface area contributed by atoms with Gasteiger partial charge in [0.15, 0.2) is 5.13 Å². The van der Waals surface area contributed by atoms with E-state index in [1.807, 2.05) is 26.8 Å². The third kappa shape index (κ3) is 3.76. The van der Waals surface area contributed by atoms with Crippen molar-refractivity contribution in [3.8, 4) is 0 Å². The largest absolute Gasteiger partial charge is 0.379 e. The zero-order valence-corrected chi connectivity index (χ0v) is 14.9. The molecule has 1 saturated heterocycles. The van der Waals surface area contributed by atoms with Crippen LogP contribution in [0.25, 0.3) is 0 Å². The molecule has 7 nitrogen and oxygen atoms in total. The fraction of sp³-hybridized carbons (Fsp3) is 0.562. The molecule has 24 heavy (non-hydrogen) atoms. The molecule has 2 aromatic heterocycles. The fourth-order valence-corrected chi connectivity index (χ4v) is 3.74. The summed E-state index contributed by atoms with van der Waals surface area (Å²) in [6.07, 6.45) is 0.704. The second-order valence-electron chi connectivity index (χ2n) is 5.98. The lowest BCUT2D eigenvalue weighted by atomic mass is 9.98.